The molecule has 0 nitrogen and oxygen atoms in total. The predicted octanol–water partition coefficient (Wildman–Crippen LogP) is 3.87. The van der Waals surface area contributed by atoms with Crippen LogP contribution in [0.2, 0.25) is 0 Å². The first kappa shape index (κ1) is 9.28. The molecule has 0 saturated heterocycles. The summed E-state index contributed by atoms with van der Waals surface area (Å²) in [5.74, 6) is -0.847. The second kappa shape index (κ2) is 3.27. The van der Waals surface area contributed by atoms with Crippen LogP contribution in [0.3, 0.4) is 0 Å². The van der Waals surface area contributed by atoms with Crippen LogP contribution < -0.4 is 0 Å². The lowest BCUT2D eigenvalue weighted by Crippen LogP contribution is -1.82. The van der Waals surface area contributed by atoms with E-state index in [4.69, 9.17) is 0 Å². The van der Waals surface area contributed by atoms with Gasteiger partial charge in [0.1, 0.15) is 11.6 Å². The van der Waals surface area contributed by atoms with Crippen molar-refractivity contribution in [2.24, 2.45) is 0 Å². The highest BCUT2D eigenvalue weighted by molar-refractivity contribution is 5.98. The Hall–Kier alpha value is -1.96. The molecule has 0 spiro atoms. The molecule has 0 saturated carbocycles. The summed E-state index contributed by atoms with van der Waals surface area (Å²) in [6.07, 6.45) is 0. The van der Waals surface area contributed by atoms with Crippen LogP contribution in [0.1, 0.15) is 0 Å². The second-order valence-corrected chi connectivity index (χ2v) is 3.64. The van der Waals surface area contributed by atoms with E-state index in [0.717, 1.165) is 10.8 Å². The molecule has 0 bridgehead atoms. The van der Waals surface area contributed by atoms with Gasteiger partial charge in [0.05, 0.1) is 0 Å². The minimum atomic E-state index is -0.438. The van der Waals surface area contributed by atoms with Crippen molar-refractivity contribution < 1.29 is 8.78 Å². The van der Waals surface area contributed by atoms with Gasteiger partial charge in [0.15, 0.2) is 0 Å². The summed E-state index contributed by atoms with van der Waals surface area (Å²) in [5.41, 5.74) is 0. The first-order valence-corrected chi connectivity index (χ1v) is 4.85. The molecule has 0 aliphatic heterocycles. The van der Waals surface area contributed by atoms with Crippen molar-refractivity contribution in [2.75, 3.05) is 0 Å². The van der Waals surface area contributed by atoms with Gasteiger partial charge in [-0.3, -0.25) is 0 Å². The van der Waals surface area contributed by atoms with Gasteiger partial charge in [-0.2, -0.15) is 0 Å². The number of halogens is 2. The summed E-state index contributed by atoms with van der Waals surface area (Å²) < 4.78 is 26.4. The summed E-state index contributed by atoms with van der Waals surface area (Å²) in [6.45, 7) is 0. The number of hydrogen-bond acceptors (Lipinski definition) is 0. The van der Waals surface area contributed by atoms with Gasteiger partial charge in [0.25, 0.3) is 0 Å². The van der Waals surface area contributed by atoms with Gasteiger partial charge in [0, 0.05) is 17.5 Å². The minimum Gasteiger partial charge on any atom is -0.206 e. The van der Waals surface area contributed by atoms with Crippen LogP contribution in [0.25, 0.3) is 21.5 Å². The minimum absolute atomic E-state index is 0.410. The lowest BCUT2D eigenvalue weighted by molar-refractivity contribution is 0.627. The molecular formula is C14H6F2. The third kappa shape index (κ3) is 1.34. The highest BCUT2D eigenvalue weighted by Crippen LogP contribution is 2.24. The number of rotatable bonds is 0. The molecule has 0 aliphatic carbocycles. The van der Waals surface area contributed by atoms with Crippen LogP contribution >= 0.6 is 0 Å². The van der Waals surface area contributed by atoms with E-state index in [1.807, 2.05) is 6.07 Å². The van der Waals surface area contributed by atoms with E-state index < -0.39 is 11.6 Å². The molecule has 0 N–H and O–H groups in total. The molecule has 0 heterocycles. The zero-order chi connectivity index (χ0) is 11.1. The molecular weight excluding hydrogens is 206 g/mol. The number of benzene rings is 3. The van der Waals surface area contributed by atoms with E-state index in [9.17, 15) is 8.78 Å². The van der Waals surface area contributed by atoms with Crippen molar-refractivity contribution in [3.05, 3.63) is 60.2 Å². The maximum atomic E-state index is 13.5. The van der Waals surface area contributed by atoms with E-state index in [2.05, 4.69) is 12.1 Å². The highest BCUT2D eigenvalue weighted by atomic mass is 19.1. The third-order valence-electron chi connectivity index (χ3n) is 2.61. The van der Waals surface area contributed by atoms with Gasteiger partial charge in [-0.25, -0.2) is 8.78 Å². The molecule has 2 radical (unpaired) electrons. The van der Waals surface area contributed by atoms with Gasteiger partial charge >= 0.3 is 0 Å². The largest absolute Gasteiger partial charge is 0.206 e. The SMILES string of the molecule is Fc1[c]cc2cc3cc[c]c(F)c3cc2c1. The average Bonchev–Trinajstić information content (AvgIpc) is 2.28. The molecule has 3 aromatic carbocycles. The number of fused-ring (bicyclic) bond motifs is 2. The third-order valence-corrected chi connectivity index (χ3v) is 2.61. The Bertz CT molecular complexity index is 687. The van der Waals surface area contributed by atoms with Crippen LogP contribution in [0.15, 0.2) is 36.4 Å². The van der Waals surface area contributed by atoms with Crippen LogP contribution in [0.4, 0.5) is 8.78 Å². The molecule has 0 amide bonds. The maximum absolute atomic E-state index is 13.5. The van der Waals surface area contributed by atoms with Gasteiger partial charge < -0.3 is 0 Å². The lowest BCUT2D eigenvalue weighted by Gasteiger charge is -2.02. The zero-order valence-electron chi connectivity index (χ0n) is 8.22. The summed E-state index contributed by atoms with van der Waals surface area (Å²) in [4.78, 5) is 0. The van der Waals surface area contributed by atoms with Crippen molar-refractivity contribution in [1.82, 2.24) is 0 Å². The Morgan fingerprint density at radius 1 is 0.875 bits per heavy atom. The average molecular weight is 212 g/mol. The Kier molecular flexibility index (Phi) is 1.90. The van der Waals surface area contributed by atoms with E-state index in [-0.39, 0.29) is 0 Å². The second-order valence-electron chi connectivity index (χ2n) is 3.64. The lowest BCUT2D eigenvalue weighted by atomic mass is 10.0. The molecule has 76 valence electrons. The predicted molar refractivity (Wildman–Crippen MR) is 59.0 cm³/mol. The monoisotopic (exact) mass is 212 g/mol. The Morgan fingerprint density at radius 2 is 1.75 bits per heavy atom. The van der Waals surface area contributed by atoms with E-state index >= 15 is 0 Å². The molecule has 3 rings (SSSR count). The standard InChI is InChI=1S/C14H6F2/c15-12-5-4-9-6-10-2-1-3-14(16)13(10)8-11(9)7-12/h1-2,4,6-8H. The molecule has 0 aromatic heterocycles. The normalized spacial score (nSPS) is 11.1. The molecule has 0 fully saturated rings. The summed E-state index contributed by atoms with van der Waals surface area (Å²) in [7, 11) is 0. The first-order valence-electron chi connectivity index (χ1n) is 4.85. The Morgan fingerprint density at radius 3 is 2.62 bits per heavy atom. The summed E-state index contributed by atoms with van der Waals surface area (Å²) in [6, 6.07) is 14.7. The topological polar surface area (TPSA) is 0 Å². The fourth-order valence-electron chi connectivity index (χ4n) is 1.84. The van der Waals surface area contributed by atoms with Crippen molar-refractivity contribution in [3.8, 4) is 0 Å². The summed E-state index contributed by atoms with van der Waals surface area (Å²) in [5, 5.41) is 2.76. The molecule has 16 heavy (non-hydrogen) atoms. The maximum Gasteiger partial charge on any atom is 0.138 e. The Balaban J connectivity index is 2.49. The van der Waals surface area contributed by atoms with Crippen molar-refractivity contribution in [3.63, 3.8) is 0 Å². The van der Waals surface area contributed by atoms with Crippen molar-refractivity contribution >= 4 is 21.5 Å². The highest BCUT2D eigenvalue weighted by Gasteiger charge is 2.03. The first-order chi connectivity index (χ1) is 7.74. The quantitative estimate of drug-likeness (QED) is 0.496. The fourth-order valence-corrected chi connectivity index (χ4v) is 1.84. The fraction of sp³-hybridized carbons (Fsp3) is 0. The van der Waals surface area contributed by atoms with E-state index in [1.165, 1.54) is 12.1 Å². The molecule has 2 heteroatoms. The van der Waals surface area contributed by atoms with Crippen LogP contribution in [-0.4, -0.2) is 0 Å². The van der Waals surface area contributed by atoms with Gasteiger partial charge in [-0.1, -0.05) is 12.1 Å². The molecule has 3 aromatic rings. The van der Waals surface area contributed by atoms with Crippen LogP contribution in [0.5, 0.6) is 0 Å². The number of hydrogen-bond donors (Lipinski definition) is 0. The van der Waals surface area contributed by atoms with Gasteiger partial charge in [0.2, 0.25) is 0 Å². The van der Waals surface area contributed by atoms with Crippen molar-refractivity contribution in [2.45, 2.75) is 0 Å². The molecule has 0 atom stereocenters. The van der Waals surface area contributed by atoms with E-state index in [1.54, 1.807) is 18.2 Å². The van der Waals surface area contributed by atoms with Crippen molar-refractivity contribution in [1.29, 1.82) is 0 Å². The summed E-state index contributed by atoms with van der Waals surface area (Å²) >= 11 is 0. The molecule has 0 aliphatic rings. The zero-order valence-corrected chi connectivity index (χ0v) is 8.22. The van der Waals surface area contributed by atoms with E-state index in [0.29, 0.717) is 10.8 Å². The van der Waals surface area contributed by atoms with Crippen LogP contribution in [0, 0.1) is 23.8 Å². The Labute approximate surface area is 91.1 Å². The molecule has 0 unspecified atom stereocenters. The van der Waals surface area contributed by atoms with Gasteiger partial charge in [-0.05, 0) is 40.4 Å². The smallest absolute Gasteiger partial charge is 0.138 e. The van der Waals surface area contributed by atoms with Crippen LogP contribution in [-0.2, 0) is 0 Å². The van der Waals surface area contributed by atoms with Gasteiger partial charge in [-0.15, -0.1) is 0 Å².